The summed E-state index contributed by atoms with van der Waals surface area (Å²) in [7, 11) is 0. The van der Waals surface area contributed by atoms with E-state index in [4.69, 9.17) is 4.98 Å². The number of carbonyl (C=O) groups excluding carboxylic acids is 1. The second-order valence-electron chi connectivity index (χ2n) is 8.41. The van der Waals surface area contributed by atoms with Crippen molar-refractivity contribution < 1.29 is 4.79 Å². The maximum atomic E-state index is 12.8. The first-order valence-electron chi connectivity index (χ1n) is 10.9. The van der Waals surface area contributed by atoms with Gasteiger partial charge in [-0.15, -0.1) is 0 Å². The molecule has 3 aromatic rings. The number of aryl methyl sites for hydroxylation is 4. The van der Waals surface area contributed by atoms with E-state index in [9.17, 15) is 4.79 Å². The van der Waals surface area contributed by atoms with Crippen LogP contribution >= 0.6 is 0 Å². The quantitative estimate of drug-likeness (QED) is 0.622. The molecule has 7 nitrogen and oxygen atoms in total. The lowest BCUT2D eigenvalue weighted by Crippen LogP contribution is -2.50. The van der Waals surface area contributed by atoms with Gasteiger partial charge < -0.3 is 20.4 Å². The summed E-state index contributed by atoms with van der Waals surface area (Å²) in [6, 6.07) is 16.2. The topological polar surface area (TPSA) is 73.4 Å². The second-order valence-corrected chi connectivity index (χ2v) is 8.41. The fourth-order valence-corrected chi connectivity index (χ4v) is 3.72. The zero-order valence-corrected chi connectivity index (χ0v) is 19.1. The number of nitrogens with one attached hydrogen (secondary N) is 2. The Morgan fingerprint density at radius 2 is 1.53 bits per heavy atom. The van der Waals surface area contributed by atoms with Crippen molar-refractivity contribution >= 4 is 29.2 Å². The predicted molar refractivity (Wildman–Crippen MR) is 130 cm³/mol. The van der Waals surface area contributed by atoms with Gasteiger partial charge in [0.15, 0.2) is 0 Å². The van der Waals surface area contributed by atoms with Crippen molar-refractivity contribution in [3.05, 3.63) is 70.9 Å². The first-order chi connectivity index (χ1) is 15.4. The van der Waals surface area contributed by atoms with Gasteiger partial charge in [-0.2, -0.15) is 4.98 Å². The highest BCUT2D eigenvalue weighted by molar-refractivity contribution is 5.90. The van der Waals surface area contributed by atoms with Gasteiger partial charge in [-0.05, 0) is 57.0 Å². The molecule has 0 radical (unpaired) electrons. The SMILES string of the molecule is Cc1ccc(Nc2cc(C)nc(N3CCN(C(=O)Nc4cc(C)ccc4C)CC3)n2)cc1. The maximum Gasteiger partial charge on any atom is 0.321 e. The van der Waals surface area contributed by atoms with E-state index in [2.05, 4.69) is 39.6 Å². The standard InChI is InChI=1S/C25H30N6O/c1-17-6-9-21(10-7-17)27-23-16-20(4)26-24(29-23)30-11-13-31(14-12-30)25(32)28-22-15-18(2)5-8-19(22)3/h5-10,15-16H,11-14H2,1-4H3,(H,28,32)(H,26,27,29). The summed E-state index contributed by atoms with van der Waals surface area (Å²) in [5.41, 5.74) is 6.17. The van der Waals surface area contributed by atoms with Crippen LogP contribution in [0.2, 0.25) is 0 Å². The van der Waals surface area contributed by atoms with Crippen LogP contribution in [-0.2, 0) is 0 Å². The Morgan fingerprint density at radius 3 is 2.25 bits per heavy atom. The van der Waals surface area contributed by atoms with Crippen LogP contribution in [0.1, 0.15) is 22.4 Å². The molecule has 0 saturated carbocycles. The molecule has 1 saturated heterocycles. The number of hydrogen-bond donors (Lipinski definition) is 2. The van der Waals surface area contributed by atoms with E-state index in [0.29, 0.717) is 32.1 Å². The van der Waals surface area contributed by atoms with E-state index < -0.39 is 0 Å². The number of rotatable bonds is 4. The molecule has 1 aromatic heterocycles. The molecule has 2 aromatic carbocycles. The average Bonchev–Trinajstić information content (AvgIpc) is 2.77. The molecule has 4 rings (SSSR count). The number of piperazine rings is 1. The lowest BCUT2D eigenvalue weighted by atomic mass is 10.1. The summed E-state index contributed by atoms with van der Waals surface area (Å²) < 4.78 is 0. The number of urea groups is 1. The Balaban J connectivity index is 1.39. The Kier molecular flexibility index (Phi) is 6.25. The van der Waals surface area contributed by atoms with Crippen LogP contribution in [0.15, 0.2) is 48.5 Å². The number of nitrogens with zero attached hydrogens (tertiary/aromatic N) is 4. The van der Waals surface area contributed by atoms with Crippen molar-refractivity contribution in [3.63, 3.8) is 0 Å². The summed E-state index contributed by atoms with van der Waals surface area (Å²) in [5, 5.41) is 6.42. The first kappa shape index (κ1) is 21.6. The molecule has 0 atom stereocenters. The van der Waals surface area contributed by atoms with Crippen LogP contribution in [0, 0.1) is 27.7 Å². The molecule has 1 aliphatic rings. The van der Waals surface area contributed by atoms with Gasteiger partial charge in [-0.3, -0.25) is 0 Å². The van der Waals surface area contributed by atoms with Crippen LogP contribution in [0.3, 0.4) is 0 Å². The van der Waals surface area contributed by atoms with E-state index in [1.165, 1.54) is 5.56 Å². The molecule has 7 heteroatoms. The molecule has 0 unspecified atom stereocenters. The molecule has 2 N–H and O–H groups in total. The lowest BCUT2D eigenvalue weighted by Gasteiger charge is -2.35. The summed E-state index contributed by atoms with van der Waals surface area (Å²) >= 11 is 0. The maximum absolute atomic E-state index is 12.8. The predicted octanol–water partition coefficient (Wildman–Crippen LogP) is 4.81. The third kappa shape index (κ3) is 5.17. The van der Waals surface area contributed by atoms with Crippen molar-refractivity contribution in [1.82, 2.24) is 14.9 Å². The van der Waals surface area contributed by atoms with Gasteiger partial charge >= 0.3 is 6.03 Å². The normalized spacial score (nSPS) is 13.8. The highest BCUT2D eigenvalue weighted by atomic mass is 16.2. The number of anilines is 4. The Labute approximate surface area is 189 Å². The number of benzene rings is 2. The minimum Gasteiger partial charge on any atom is -0.340 e. The van der Waals surface area contributed by atoms with Crippen molar-refractivity contribution in [2.24, 2.45) is 0 Å². The van der Waals surface area contributed by atoms with Crippen molar-refractivity contribution in [1.29, 1.82) is 0 Å². The first-order valence-corrected chi connectivity index (χ1v) is 10.9. The highest BCUT2D eigenvalue weighted by Crippen LogP contribution is 2.21. The van der Waals surface area contributed by atoms with Crippen LogP contribution < -0.4 is 15.5 Å². The number of hydrogen-bond acceptors (Lipinski definition) is 5. The zero-order chi connectivity index (χ0) is 22.7. The molecular weight excluding hydrogens is 400 g/mol. The molecule has 2 amide bonds. The molecule has 2 heterocycles. The van der Waals surface area contributed by atoms with Gasteiger partial charge in [0, 0.05) is 49.3 Å². The number of amides is 2. The Bertz CT molecular complexity index is 1100. The van der Waals surface area contributed by atoms with Crippen molar-refractivity contribution in [2.45, 2.75) is 27.7 Å². The van der Waals surface area contributed by atoms with Crippen molar-refractivity contribution in [3.8, 4) is 0 Å². The van der Waals surface area contributed by atoms with Gasteiger partial charge in [0.25, 0.3) is 0 Å². The fourth-order valence-electron chi connectivity index (χ4n) is 3.72. The van der Waals surface area contributed by atoms with E-state index in [-0.39, 0.29) is 6.03 Å². The summed E-state index contributed by atoms with van der Waals surface area (Å²) in [4.78, 5) is 26.1. The van der Waals surface area contributed by atoms with Crippen LogP contribution in [0.4, 0.5) is 27.9 Å². The van der Waals surface area contributed by atoms with Crippen molar-refractivity contribution in [2.75, 3.05) is 41.7 Å². The molecule has 32 heavy (non-hydrogen) atoms. The van der Waals surface area contributed by atoms with Gasteiger partial charge in [0.2, 0.25) is 5.95 Å². The summed E-state index contributed by atoms with van der Waals surface area (Å²) in [5.74, 6) is 1.46. The molecule has 166 valence electrons. The second kappa shape index (κ2) is 9.26. The van der Waals surface area contributed by atoms with Gasteiger partial charge in [0.1, 0.15) is 5.82 Å². The smallest absolute Gasteiger partial charge is 0.321 e. The highest BCUT2D eigenvalue weighted by Gasteiger charge is 2.23. The zero-order valence-electron chi connectivity index (χ0n) is 19.1. The minimum absolute atomic E-state index is 0.0646. The minimum atomic E-state index is -0.0646. The third-order valence-electron chi connectivity index (χ3n) is 5.65. The molecule has 0 aliphatic carbocycles. The molecule has 1 fully saturated rings. The number of carbonyl (C=O) groups is 1. The fraction of sp³-hybridized carbons (Fsp3) is 0.320. The van der Waals surface area contributed by atoms with Crippen LogP contribution in [-0.4, -0.2) is 47.1 Å². The molecule has 1 aliphatic heterocycles. The van der Waals surface area contributed by atoms with E-state index in [1.54, 1.807) is 0 Å². The Morgan fingerprint density at radius 1 is 0.844 bits per heavy atom. The van der Waals surface area contributed by atoms with Crippen LogP contribution in [0.5, 0.6) is 0 Å². The molecule has 0 bridgehead atoms. The van der Waals surface area contributed by atoms with E-state index in [0.717, 1.165) is 34.0 Å². The Hall–Kier alpha value is -3.61. The van der Waals surface area contributed by atoms with E-state index >= 15 is 0 Å². The molecule has 0 spiro atoms. The summed E-state index contributed by atoms with van der Waals surface area (Å²) in [6.45, 7) is 10.7. The largest absolute Gasteiger partial charge is 0.340 e. The van der Waals surface area contributed by atoms with Gasteiger partial charge in [-0.25, -0.2) is 9.78 Å². The monoisotopic (exact) mass is 430 g/mol. The van der Waals surface area contributed by atoms with Crippen LogP contribution in [0.25, 0.3) is 0 Å². The number of aromatic nitrogens is 2. The lowest BCUT2D eigenvalue weighted by molar-refractivity contribution is 0.208. The third-order valence-corrected chi connectivity index (χ3v) is 5.65. The molecular formula is C25H30N6O. The average molecular weight is 431 g/mol. The van der Waals surface area contributed by atoms with Gasteiger partial charge in [0.05, 0.1) is 0 Å². The van der Waals surface area contributed by atoms with E-state index in [1.807, 2.05) is 62.1 Å². The summed E-state index contributed by atoms with van der Waals surface area (Å²) in [6.07, 6.45) is 0. The van der Waals surface area contributed by atoms with Gasteiger partial charge in [-0.1, -0.05) is 29.8 Å².